The lowest BCUT2D eigenvalue weighted by molar-refractivity contribution is 0.0601. The number of ether oxygens (including phenoxy) is 1. The molecule has 0 bridgehead atoms. The van der Waals surface area contributed by atoms with E-state index in [1.165, 1.54) is 13.2 Å². The van der Waals surface area contributed by atoms with Gasteiger partial charge in [-0.1, -0.05) is 12.1 Å². The number of hydrogen-bond donors (Lipinski definition) is 3. The minimum atomic E-state index is -0.812. The van der Waals surface area contributed by atoms with Gasteiger partial charge in [0, 0.05) is 34.0 Å². The molecule has 9 heteroatoms. The number of aromatic nitrogens is 3. The summed E-state index contributed by atoms with van der Waals surface area (Å²) in [4.78, 5) is 18.2. The van der Waals surface area contributed by atoms with Crippen LogP contribution in [0.25, 0.3) is 32.4 Å². The van der Waals surface area contributed by atoms with Crippen molar-refractivity contribution < 1.29 is 19.0 Å². The molecular weight excluding hydrogens is 515 g/mol. The van der Waals surface area contributed by atoms with Gasteiger partial charge in [-0.3, -0.25) is 9.89 Å². The van der Waals surface area contributed by atoms with Gasteiger partial charge < -0.3 is 15.2 Å². The maximum atomic E-state index is 14.9. The van der Waals surface area contributed by atoms with Crippen molar-refractivity contribution in [1.29, 1.82) is 0 Å². The van der Waals surface area contributed by atoms with Gasteiger partial charge in [-0.05, 0) is 75.1 Å². The summed E-state index contributed by atoms with van der Waals surface area (Å²) in [5, 5.41) is 23.2. The third kappa shape index (κ3) is 4.88. The first-order valence-corrected chi connectivity index (χ1v) is 13.8. The van der Waals surface area contributed by atoms with Crippen LogP contribution in [-0.4, -0.2) is 44.9 Å². The molecule has 2 aromatic heterocycles. The molecule has 0 spiro atoms. The lowest BCUT2D eigenvalue weighted by Crippen LogP contribution is -2.54. The number of nitrogens with one attached hydrogen (secondary N) is 2. The molecule has 1 aliphatic rings. The van der Waals surface area contributed by atoms with Crippen molar-refractivity contribution in [2.45, 2.75) is 50.7 Å². The predicted octanol–water partition coefficient (Wildman–Crippen LogP) is 5.94. The first kappa shape index (κ1) is 25.5. The highest BCUT2D eigenvalue weighted by Gasteiger charge is 2.39. The first-order valence-electron chi connectivity index (χ1n) is 13.0. The number of hydrogen-bond acceptors (Lipinski definition) is 6. The van der Waals surface area contributed by atoms with Gasteiger partial charge in [0.15, 0.2) is 0 Å². The number of methoxy groups -OCH3 is 1. The highest BCUT2D eigenvalue weighted by atomic mass is 32.1. The topological polar surface area (TPSA) is 100 Å². The van der Waals surface area contributed by atoms with Gasteiger partial charge in [-0.2, -0.15) is 5.10 Å². The van der Waals surface area contributed by atoms with Crippen LogP contribution in [0.1, 0.15) is 46.6 Å². The molecule has 3 aromatic carbocycles. The van der Waals surface area contributed by atoms with Crippen LogP contribution in [0.5, 0.6) is 5.75 Å². The van der Waals surface area contributed by atoms with Gasteiger partial charge in [0.05, 0.1) is 39.6 Å². The number of carbonyl (C=O) groups is 1. The molecule has 39 heavy (non-hydrogen) atoms. The summed E-state index contributed by atoms with van der Waals surface area (Å²) in [5.41, 5.74) is 3.53. The molecule has 2 heterocycles. The number of fused-ring (bicyclic) bond motifs is 2. The fourth-order valence-electron chi connectivity index (χ4n) is 5.77. The summed E-state index contributed by atoms with van der Waals surface area (Å²) in [6.07, 6.45) is 1.98. The summed E-state index contributed by atoms with van der Waals surface area (Å²) in [6, 6.07) is 16.2. The molecule has 1 fully saturated rings. The normalized spacial score (nSPS) is 19.4. The minimum absolute atomic E-state index is 0.221. The number of amides is 1. The summed E-state index contributed by atoms with van der Waals surface area (Å²) in [7, 11) is 1.50. The molecule has 1 unspecified atom stereocenters. The van der Waals surface area contributed by atoms with Crippen molar-refractivity contribution in [2.75, 3.05) is 7.11 Å². The molecule has 0 aliphatic heterocycles. The van der Waals surface area contributed by atoms with E-state index < -0.39 is 11.6 Å². The molecule has 1 amide bonds. The summed E-state index contributed by atoms with van der Waals surface area (Å²) in [5.74, 6) is -0.233. The van der Waals surface area contributed by atoms with E-state index in [0.29, 0.717) is 36.1 Å². The van der Waals surface area contributed by atoms with E-state index in [2.05, 4.69) is 26.6 Å². The lowest BCUT2D eigenvalue weighted by atomic mass is 9.75. The highest BCUT2D eigenvalue weighted by molar-refractivity contribution is 7.18. The Morgan fingerprint density at radius 1 is 1.26 bits per heavy atom. The predicted molar refractivity (Wildman–Crippen MR) is 151 cm³/mol. The molecule has 1 saturated carbocycles. The average molecular weight is 545 g/mol. The van der Waals surface area contributed by atoms with Crippen LogP contribution in [0.2, 0.25) is 0 Å². The monoisotopic (exact) mass is 544 g/mol. The Labute approximate surface area is 229 Å². The minimum Gasteiger partial charge on any atom is -0.496 e. The second-order valence-corrected chi connectivity index (χ2v) is 11.6. The van der Waals surface area contributed by atoms with Crippen LogP contribution in [0, 0.1) is 12.7 Å². The Morgan fingerprint density at radius 2 is 2.13 bits per heavy atom. The van der Waals surface area contributed by atoms with Gasteiger partial charge in [-0.15, -0.1) is 11.3 Å². The van der Waals surface area contributed by atoms with Crippen molar-refractivity contribution in [3.05, 3.63) is 76.5 Å². The van der Waals surface area contributed by atoms with Crippen molar-refractivity contribution in [1.82, 2.24) is 20.5 Å². The number of aliphatic hydroxyl groups excluding tert-OH is 1. The van der Waals surface area contributed by atoms with Crippen LogP contribution < -0.4 is 10.1 Å². The number of nitrogens with zero attached hydrogens (tertiary/aromatic N) is 2. The zero-order chi connectivity index (χ0) is 27.1. The van der Waals surface area contributed by atoms with Crippen LogP contribution >= 0.6 is 11.3 Å². The van der Waals surface area contributed by atoms with Crippen LogP contribution in [-0.2, 0) is 6.42 Å². The fraction of sp³-hybridized carbons (Fsp3) is 0.300. The van der Waals surface area contributed by atoms with Crippen LogP contribution in [0.3, 0.4) is 0 Å². The maximum Gasteiger partial charge on any atom is 0.251 e. The van der Waals surface area contributed by atoms with E-state index in [-0.39, 0.29) is 18.1 Å². The van der Waals surface area contributed by atoms with Gasteiger partial charge in [0.25, 0.3) is 5.91 Å². The number of aromatic amines is 1. The van der Waals surface area contributed by atoms with E-state index in [1.807, 2.05) is 31.2 Å². The molecule has 200 valence electrons. The van der Waals surface area contributed by atoms with Crippen molar-refractivity contribution in [3.63, 3.8) is 0 Å². The van der Waals surface area contributed by atoms with Gasteiger partial charge in [-0.25, -0.2) is 9.37 Å². The summed E-state index contributed by atoms with van der Waals surface area (Å²) >= 11 is 1.63. The average Bonchev–Trinajstić information content (AvgIpc) is 3.51. The van der Waals surface area contributed by atoms with Crippen molar-refractivity contribution >= 4 is 38.4 Å². The van der Waals surface area contributed by atoms with Gasteiger partial charge in [0.2, 0.25) is 0 Å². The molecule has 0 radical (unpaired) electrons. The largest absolute Gasteiger partial charge is 0.496 e. The zero-order valence-electron chi connectivity index (χ0n) is 21.8. The Morgan fingerprint density at radius 3 is 2.95 bits per heavy atom. The molecular formula is C30H29FN4O3S. The van der Waals surface area contributed by atoms with E-state index in [4.69, 9.17) is 4.74 Å². The number of aryl methyl sites for hydroxylation is 1. The van der Waals surface area contributed by atoms with Crippen LogP contribution in [0.15, 0.2) is 54.6 Å². The number of benzene rings is 3. The number of aliphatic hydroxyl groups is 1. The molecule has 3 N–H and O–H groups in total. The standard InChI is InChI=1S/C30H29FN4O3S/c1-17-32-25-11-8-18(14-27(25)39-17)28-21-13-19(9-10-24(21)34-35-28)29(37)33-30(12-4-5-20(36)15-30)16-22-23(31)6-3-7-26(22)38-2/h3,6-11,13-14,20,36H,4-5,12,15-16H2,1-2H3,(H,33,37)(H,34,35)/t20-,30?/m0/s1. The quantitative estimate of drug-likeness (QED) is 0.246. The second kappa shape index (κ2) is 10.1. The smallest absolute Gasteiger partial charge is 0.251 e. The Balaban J connectivity index is 1.34. The molecule has 0 saturated heterocycles. The molecule has 6 rings (SSSR count). The number of thiazole rings is 1. The number of halogens is 1. The first-order chi connectivity index (χ1) is 18.8. The Hall–Kier alpha value is -3.82. The summed E-state index contributed by atoms with van der Waals surface area (Å²) < 4.78 is 21.4. The SMILES string of the molecule is COc1cccc(F)c1CC1(NC(=O)c2ccc3[nH]nc(-c4ccc5nc(C)sc5c4)c3c2)CCC[C@H](O)C1. The third-order valence-corrected chi connectivity index (χ3v) is 8.54. The van der Waals surface area contributed by atoms with Crippen molar-refractivity contribution in [3.8, 4) is 17.0 Å². The maximum absolute atomic E-state index is 14.9. The fourth-order valence-corrected chi connectivity index (χ4v) is 6.63. The number of rotatable bonds is 6. The molecule has 5 aromatic rings. The molecule has 1 aliphatic carbocycles. The molecule has 7 nitrogen and oxygen atoms in total. The lowest BCUT2D eigenvalue weighted by Gasteiger charge is -2.40. The zero-order valence-corrected chi connectivity index (χ0v) is 22.6. The third-order valence-electron chi connectivity index (χ3n) is 7.60. The second-order valence-electron chi connectivity index (χ2n) is 10.3. The van der Waals surface area contributed by atoms with E-state index in [0.717, 1.165) is 43.8 Å². The van der Waals surface area contributed by atoms with E-state index >= 15 is 0 Å². The van der Waals surface area contributed by atoms with Gasteiger partial charge >= 0.3 is 0 Å². The van der Waals surface area contributed by atoms with E-state index in [9.17, 15) is 14.3 Å². The van der Waals surface area contributed by atoms with E-state index in [1.54, 1.807) is 29.5 Å². The Kier molecular flexibility index (Phi) is 6.56. The number of carbonyl (C=O) groups excluding carboxylic acids is 1. The highest BCUT2D eigenvalue weighted by Crippen LogP contribution is 2.36. The Bertz CT molecular complexity index is 1700. The molecule has 2 atom stereocenters. The van der Waals surface area contributed by atoms with Crippen molar-refractivity contribution in [2.24, 2.45) is 0 Å². The summed E-state index contributed by atoms with van der Waals surface area (Å²) in [6.45, 7) is 1.99. The number of H-pyrrole nitrogens is 1. The van der Waals surface area contributed by atoms with Crippen LogP contribution in [0.4, 0.5) is 4.39 Å². The van der Waals surface area contributed by atoms with Gasteiger partial charge in [0.1, 0.15) is 11.6 Å².